The molecule has 2 N–H and O–H groups in total. The molecule has 0 spiro atoms. The van der Waals surface area contributed by atoms with Crippen molar-refractivity contribution in [3.63, 3.8) is 0 Å². The fourth-order valence-corrected chi connectivity index (χ4v) is 2.80. The topological polar surface area (TPSA) is 70.8 Å². The van der Waals surface area contributed by atoms with Crippen LogP contribution < -0.4 is 10.2 Å². The SMILES string of the molecule is CN(C)CCOc1ccc(CCn2cc3c(B(O)O)cccc3n2)cc1. The summed E-state index contributed by atoms with van der Waals surface area (Å²) in [4.78, 5) is 2.09. The van der Waals surface area contributed by atoms with Gasteiger partial charge in [-0.15, -0.1) is 0 Å². The number of nitrogens with zero attached hydrogens (tertiary/aromatic N) is 3. The molecule has 2 aromatic carbocycles. The summed E-state index contributed by atoms with van der Waals surface area (Å²) >= 11 is 0. The van der Waals surface area contributed by atoms with Crippen molar-refractivity contribution in [2.45, 2.75) is 13.0 Å². The first-order chi connectivity index (χ1) is 12.5. The number of hydrogen-bond acceptors (Lipinski definition) is 5. The van der Waals surface area contributed by atoms with Gasteiger partial charge in [0, 0.05) is 24.7 Å². The van der Waals surface area contributed by atoms with Gasteiger partial charge in [-0.25, -0.2) is 0 Å². The highest BCUT2D eigenvalue weighted by Gasteiger charge is 2.16. The van der Waals surface area contributed by atoms with E-state index >= 15 is 0 Å². The minimum atomic E-state index is -1.49. The summed E-state index contributed by atoms with van der Waals surface area (Å²) < 4.78 is 7.55. The first-order valence-electron chi connectivity index (χ1n) is 8.71. The monoisotopic (exact) mass is 353 g/mol. The van der Waals surface area contributed by atoms with Gasteiger partial charge in [-0.3, -0.25) is 4.68 Å². The molecule has 1 heterocycles. The van der Waals surface area contributed by atoms with Gasteiger partial charge in [0.1, 0.15) is 12.4 Å². The Morgan fingerprint density at radius 2 is 1.88 bits per heavy atom. The maximum atomic E-state index is 9.46. The van der Waals surface area contributed by atoms with E-state index in [0.717, 1.165) is 36.2 Å². The van der Waals surface area contributed by atoms with Crippen LogP contribution in [0.5, 0.6) is 5.75 Å². The molecule has 7 heteroatoms. The highest BCUT2D eigenvalue weighted by Crippen LogP contribution is 2.14. The summed E-state index contributed by atoms with van der Waals surface area (Å²) in [5, 5.41) is 24.2. The maximum absolute atomic E-state index is 9.46. The van der Waals surface area contributed by atoms with E-state index in [2.05, 4.69) is 22.1 Å². The Bertz CT molecular complexity index is 847. The van der Waals surface area contributed by atoms with Crippen LogP contribution in [0.15, 0.2) is 48.7 Å². The molecule has 3 aromatic rings. The first-order valence-corrected chi connectivity index (χ1v) is 8.71. The van der Waals surface area contributed by atoms with Crippen LogP contribution in [0.2, 0.25) is 0 Å². The first kappa shape index (κ1) is 18.4. The number of likely N-dealkylation sites (N-methyl/N-ethyl adjacent to an activating group) is 1. The normalized spacial score (nSPS) is 11.3. The predicted molar refractivity (Wildman–Crippen MR) is 104 cm³/mol. The molecule has 0 saturated carbocycles. The molecule has 26 heavy (non-hydrogen) atoms. The molecule has 0 amide bonds. The van der Waals surface area contributed by atoms with Crippen LogP contribution in [0.4, 0.5) is 0 Å². The molecule has 0 saturated heterocycles. The van der Waals surface area contributed by atoms with Crippen molar-refractivity contribution in [3.8, 4) is 5.75 Å². The van der Waals surface area contributed by atoms with E-state index in [9.17, 15) is 10.0 Å². The maximum Gasteiger partial charge on any atom is 0.489 e. The van der Waals surface area contributed by atoms with Gasteiger partial charge in [0.05, 0.1) is 5.52 Å². The highest BCUT2D eigenvalue weighted by molar-refractivity contribution is 6.61. The van der Waals surface area contributed by atoms with Gasteiger partial charge in [-0.05, 0) is 49.7 Å². The van der Waals surface area contributed by atoms with Crippen molar-refractivity contribution >= 4 is 23.5 Å². The number of hydrogen-bond donors (Lipinski definition) is 2. The molecule has 6 nitrogen and oxygen atoms in total. The van der Waals surface area contributed by atoms with E-state index < -0.39 is 7.12 Å². The molecular formula is C19H24BN3O3. The third kappa shape index (κ3) is 4.63. The van der Waals surface area contributed by atoms with Crippen LogP contribution in [0.3, 0.4) is 0 Å². The quantitative estimate of drug-likeness (QED) is 0.589. The zero-order chi connectivity index (χ0) is 18.5. The van der Waals surface area contributed by atoms with Crippen LogP contribution in [0.25, 0.3) is 10.9 Å². The van der Waals surface area contributed by atoms with Gasteiger partial charge in [0.25, 0.3) is 0 Å². The molecule has 0 atom stereocenters. The third-order valence-electron chi connectivity index (χ3n) is 4.27. The molecule has 136 valence electrons. The van der Waals surface area contributed by atoms with Gasteiger partial charge in [-0.2, -0.15) is 5.10 Å². The van der Waals surface area contributed by atoms with Crippen molar-refractivity contribution in [3.05, 3.63) is 54.2 Å². The Balaban J connectivity index is 1.60. The molecule has 0 unspecified atom stereocenters. The number of aromatic nitrogens is 2. The van der Waals surface area contributed by atoms with E-state index in [0.29, 0.717) is 12.1 Å². The smallest absolute Gasteiger partial charge is 0.489 e. The number of aryl methyl sites for hydroxylation is 2. The molecule has 1 aromatic heterocycles. The lowest BCUT2D eigenvalue weighted by Crippen LogP contribution is -2.30. The zero-order valence-electron chi connectivity index (χ0n) is 15.2. The summed E-state index contributed by atoms with van der Waals surface area (Å²) in [5.74, 6) is 0.877. The molecule has 0 bridgehead atoms. The van der Waals surface area contributed by atoms with Gasteiger partial charge in [0.2, 0.25) is 0 Å². The minimum absolute atomic E-state index is 0.480. The van der Waals surface area contributed by atoms with Crippen LogP contribution >= 0.6 is 0 Å². The lowest BCUT2D eigenvalue weighted by molar-refractivity contribution is 0.261. The Morgan fingerprint density at radius 1 is 1.12 bits per heavy atom. The Kier molecular flexibility index (Phi) is 5.93. The lowest BCUT2D eigenvalue weighted by atomic mass is 9.78. The second-order valence-electron chi connectivity index (χ2n) is 6.59. The number of benzene rings is 2. The summed E-state index contributed by atoms with van der Waals surface area (Å²) in [6.45, 7) is 2.28. The Labute approximate surface area is 153 Å². The lowest BCUT2D eigenvalue weighted by Gasteiger charge is -2.11. The van der Waals surface area contributed by atoms with Crippen molar-refractivity contribution < 1.29 is 14.8 Å². The van der Waals surface area contributed by atoms with Gasteiger partial charge < -0.3 is 19.7 Å². The van der Waals surface area contributed by atoms with E-state index in [4.69, 9.17) is 4.74 Å². The van der Waals surface area contributed by atoms with Crippen LogP contribution in [-0.2, 0) is 13.0 Å². The van der Waals surface area contributed by atoms with Crippen LogP contribution in [0.1, 0.15) is 5.56 Å². The van der Waals surface area contributed by atoms with E-state index in [1.807, 2.05) is 43.2 Å². The van der Waals surface area contributed by atoms with Crippen molar-refractivity contribution in [1.29, 1.82) is 0 Å². The van der Waals surface area contributed by atoms with Crippen molar-refractivity contribution in [1.82, 2.24) is 14.7 Å². The van der Waals surface area contributed by atoms with Gasteiger partial charge in [-0.1, -0.05) is 24.3 Å². The van der Waals surface area contributed by atoms with Crippen LogP contribution in [0, 0.1) is 0 Å². The average Bonchev–Trinajstić information content (AvgIpc) is 3.03. The minimum Gasteiger partial charge on any atom is -0.492 e. The average molecular weight is 353 g/mol. The number of rotatable bonds is 8. The molecule has 0 aliphatic rings. The predicted octanol–water partition coefficient (Wildman–Crippen LogP) is 0.899. The van der Waals surface area contributed by atoms with Gasteiger partial charge >= 0.3 is 7.12 Å². The van der Waals surface area contributed by atoms with Crippen LogP contribution in [-0.4, -0.2) is 59.1 Å². The molecule has 3 rings (SSSR count). The van der Waals surface area contributed by atoms with E-state index in [1.165, 1.54) is 5.56 Å². The van der Waals surface area contributed by atoms with Gasteiger partial charge in [0.15, 0.2) is 0 Å². The summed E-state index contributed by atoms with van der Waals surface area (Å²) in [7, 11) is 2.56. The molecule has 0 fully saturated rings. The highest BCUT2D eigenvalue weighted by atomic mass is 16.5. The second kappa shape index (κ2) is 8.36. The molecule has 0 aliphatic heterocycles. The van der Waals surface area contributed by atoms with E-state index in [1.54, 1.807) is 12.1 Å². The zero-order valence-corrected chi connectivity index (χ0v) is 15.2. The third-order valence-corrected chi connectivity index (χ3v) is 4.27. The molecule has 0 aliphatic carbocycles. The summed E-state index contributed by atoms with van der Waals surface area (Å²) in [6.07, 6.45) is 2.70. The van der Waals surface area contributed by atoms with Crippen molar-refractivity contribution in [2.75, 3.05) is 27.2 Å². The van der Waals surface area contributed by atoms with Crippen molar-refractivity contribution in [2.24, 2.45) is 0 Å². The fraction of sp³-hybridized carbons (Fsp3) is 0.316. The standard InChI is InChI=1S/C19H24BN3O3/c1-22(2)12-13-26-16-8-6-15(7-9-16)10-11-23-14-17-18(20(24)25)4-3-5-19(17)21-23/h3-9,14,24-25H,10-13H2,1-2H3. The Morgan fingerprint density at radius 3 is 2.58 bits per heavy atom. The van der Waals surface area contributed by atoms with E-state index in [-0.39, 0.29) is 0 Å². The second-order valence-corrected chi connectivity index (χ2v) is 6.59. The summed E-state index contributed by atoms with van der Waals surface area (Å²) in [6, 6.07) is 13.5. The largest absolute Gasteiger partial charge is 0.492 e. The molecular weight excluding hydrogens is 329 g/mol. The number of ether oxygens (including phenoxy) is 1. The summed E-state index contributed by atoms with van der Waals surface area (Å²) in [5.41, 5.74) is 2.44. The molecule has 0 radical (unpaired) electrons. The Hall–Kier alpha value is -2.35. The number of fused-ring (bicyclic) bond motifs is 1. The fourth-order valence-electron chi connectivity index (χ4n) is 2.80.